The zero-order chi connectivity index (χ0) is 7.82. The number of unbranched alkanes of at least 4 members (excludes halogenated alkanes) is 1. The average Bonchev–Trinajstić information content (AvgIpc) is 1.89. The summed E-state index contributed by atoms with van der Waals surface area (Å²) in [4.78, 5) is 0. The van der Waals surface area contributed by atoms with Gasteiger partial charge in [-0.15, -0.1) is 0 Å². The summed E-state index contributed by atoms with van der Waals surface area (Å²) in [5.74, 6) is 0. The first-order valence-electron chi connectivity index (χ1n) is 4.10. The predicted molar refractivity (Wildman–Crippen MR) is 50.8 cm³/mol. The first kappa shape index (κ1) is 10.4. The molecule has 0 heterocycles. The van der Waals surface area contributed by atoms with Crippen molar-refractivity contribution < 1.29 is 0 Å². The second kappa shape index (κ2) is 7.55. The maximum Gasteiger partial charge on any atom is 0.00466 e. The summed E-state index contributed by atoms with van der Waals surface area (Å²) in [6.07, 6.45) is 3.81. The Morgan fingerprint density at radius 1 is 1.50 bits per heavy atom. The normalized spacial score (nSPS) is 13.5. The van der Waals surface area contributed by atoms with Gasteiger partial charge in [0.25, 0.3) is 0 Å². The molecule has 1 atom stereocenters. The van der Waals surface area contributed by atoms with Crippen molar-refractivity contribution in [2.45, 2.75) is 39.2 Å². The number of rotatable bonds is 6. The molecule has 0 bridgehead atoms. The highest BCUT2D eigenvalue weighted by atomic mass is 79.9. The molecule has 0 fully saturated rings. The van der Waals surface area contributed by atoms with E-state index in [9.17, 15) is 0 Å². The molecule has 0 aliphatic rings. The van der Waals surface area contributed by atoms with E-state index in [1.807, 2.05) is 0 Å². The van der Waals surface area contributed by atoms with Gasteiger partial charge >= 0.3 is 0 Å². The van der Waals surface area contributed by atoms with Gasteiger partial charge in [-0.2, -0.15) is 0 Å². The number of hydrogen-bond acceptors (Lipinski definition) is 1. The zero-order valence-corrected chi connectivity index (χ0v) is 8.58. The second-order valence-electron chi connectivity index (χ2n) is 2.69. The van der Waals surface area contributed by atoms with Crippen LogP contribution in [0.1, 0.15) is 33.1 Å². The molecule has 62 valence electrons. The Morgan fingerprint density at radius 2 is 2.20 bits per heavy atom. The van der Waals surface area contributed by atoms with E-state index in [4.69, 9.17) is 0 Å². The van der Waals surface area contributed by atoms with E-state index < -0.39 is 0 Å². The van der Waals surface area contributed by atoms with Crippen LogP contribution < -0.4 is 5.32 Å². The van der Waals surface area contributed by atoms with Gasteiger partial charge in [-0.05, 0) is 26.3 Å². The van der Waals surface area contributed by atoms with Gasteiger partial charge in [-0.25, -0.2) is 0 Å². The fourth-order valence-corrected chi connectivity index (χ4v) is 1.48. The molecule has 0 aliphatic heterocycles. The maximum atomic E-state index is 3.45. The molecular weight excluding hydrogens is 190 g/mol. The van der Waals surface area contributed by atoms with Gasteiger partial charge in [-0.3, -0.25) is 0 Å². The summed E-state index contributed by atoms with van der Waals surface area (Å²) in [6, 6.07) is 0.672. The molecule has 10 heavy (non-hydrogen) atoms. The molecule has 1 unspecified atom stereocenters. The highest BCUT2D eigenvalue weighted by molar-refractivity contribution is 9.09. The summed E-state index contributed by atoms with van der Waals surface area (Å²) in [5, 5.41) is 4.56. The minimum atomic E-state index is 0.672. The molecule has 0 spiro atoms. The molecule has 0 saturated carbocycles. The average molecular weight is 208 g/mol. The molecule has 0 radical (unpaired) electrons. The van der Waals surface area contributed by atoms with Gasteiger partial charge in [-0.1, -0.05) is 29.3 Å². The van der Waals surface area contributed by atoms with E-state index in [-0.39, 0.29) is 0 Å². The van der Waals surface area contributed by atoms with Crippen molar-refractivity contribution in [2.75, 3.05) is 11.9 Å². The minimum absolute atomic E-state index is 0.672. The van der Waals surface area contributed by atoms with Gasteiger partial charge in [0.15, 0.2) is 0 Å². The van der Waals surface area contributed by atoms with Crippen molar-refractivity contribution >= 4 is 15.9 Å². The molecule has 0 aromatic heterocycles. The molecule has 0 aromatic rings. The molecule has 1 nitrogen and oxygen atoms in total. The summed E-state index contributed by atoms with van der Waals surface area (Å²) < 4.78 is 0. The quantitative estimate of drug-likeness (QED) is 0.522. The molecule has 1 N–H and O–H groups in total. The van der Waals surface area contributed by atoms with Gasteiger partial charge < -0.3 is 5.32 Å². The van der Waals surface area contributed by atoms with Gasteiger partial charge in [0.05, 0.1) is 0 Å². The fourth-order valence-electron chi connectivity index (χ4n) is 0.791. The minimum Gasteiger partial charge on any atom is -0.314 e. The topological polar surface area (TPSA) is 12.0 Å². The van der Waals surface area contributed by atoms with E-state index in [2.05, 4.69) is 35.1 Å². The maximum absolute atomic E-state index is 3.45. The van der Waals surface area contributed by atoms with Crippen molar-refractivity contribution in [3.63, 3.8) is 0 Å². The summed E-state index contributed by atoms with van der Waals surface area (Å²) >= 11 is 3.42. The number of alkyl halides is 1. The van der Waals surface area contributed by atoms with Crippen molar-refractivity contribution in [3.05, 3.63) is 0 Å². The molecule has 0 rings (SSSR count). The van der Waals surface area contributed by atoms with Gasteiger partial charge in [0.1, 0.15) is 0 Å². The lowest BCUT2D eigenvalue weighted by atomic mass is 10.2. The Bertz CT molecular complexity index is 66.3. The van der Waals surface area contributed by atoms with Crippen molar-refractivity contribution in [1.82, 2.24) is 5.32 Å². The lowest BCUT2D eigenvalue weighted by molar-refractivity contribution is 0.525. The third kappa shape index (κ3) is 6.56. The van der Waals surface area contributed by atoms with Crippen LogP contribution in [0.25, 0.3) is 0 Å². The number of nitrogens with one attached hydrogen (secondary N) is 1. The Hall–Kier alpha value is 0.440. The van der Waals surface area contributed by atoms with Crippen molar-refractivity contribution in [2.24, 2.45) is 0 Å². The van der Waals surface area contributed by atoms with Crippen LogP contribution in [-0.2, 0) is 0 Å². The van der Waals surface area contributed by atoms with E-state index >= 15 is 0 Å². The van der Waals surface area contributed by atoms with Crippen molar-refractivity contribution in [3.8, 4) is 0 Å². The second-order valence-corrected chi connectivity index (χ2v) is 3.48. The van der Waals surface area contributed by atoms with E-state index in [1.165, 1.54) is 25.8 Å². The van der Waals surface area contributed by atoms with Crippen LogP contribution >= 0.6 is 15.9 Å². The smallest absolute Gasteiger partial charge is 0.00466 e. The third-order valence-electron chi connectivity index (χ3n) is 1.57. The SMILES string of the molecule is CCCCNC(C)CCBr. The molecule has 0 aromatic carbocycles. The Balaban J connectivity index is 2.97. The zero-order valence-electron chi connectivity index (χ0n) is 6.99. The van der Waals surface area contributed by atoms with Crippen molar-refractivity contribution in [1.29, 1.82) is 0 Å². The lowest BCUT2D eigenvalue weighted by Crippen LogP contribution is -2.27. The van der Waals surface area contributed by atoms with E-state index in [1.54, 1.807) is 0 Å². The summed E-state index contributed by atoms with van der Waals surface area (Å²) in [5.41, 5.74) is 0. The largest absolute Gasteiger partial charge is 0.314 e. The third-order valence-corrected chi connectivity index (χ3v) is 2.02. The summed E-state index contributed by atoms with van der Waals surface area (Å²) in [7, 11) is 0. The monoisotopic (exact) mass is 207 g/mol. The van der Waals surface area contributed by atoms with Crippen LogP contribution in [0.4, 0.5) is 0 Å². The highest BCUT2D eigenvalue weighted by Crippen LogP contribution is 1.94. The van der Waals surface area contributed by atoms with Crippen LogP contribution in [0.2, 0.25) is 0 Å². The fraction of sp³-hybridized carbons (Fsp3) is 1.00. The standard InChI is InChI=1S/C8H18BrN/c1-3-4-7-10-8(2)5-6-9/h8,10H,3-7H2,1-2H3. The predicted octanol–water partition coefficient (Wildman–Crippen LogP) is 2.55. The van der Waals surface area contributed by atoms with E-state index in [0.717, 1.165) is 5.33 Å². The van der Waals surface area contributed by atoms with Crippen LogP contribution in [0.3, 0.4) is 0 Å². The van der Waals surface area contributed by atoms with Crippen LogP contribution in [0, 0.1) is 0 Å². The molecular formula is C8H18BrN. The molecule has 2 heteroatoms. The van der Waals surface area contributed by atoms with E-state index in [0.29, 0.717) is 6.04 Å². The Morgan fingerprint density at radius 3 is 2.70 bits per heavy atom. The van der Waals surface area contributed by atoms with Crippen LogP contribution in [-0.4, -0.2) is 17.9 Å². The molecule has 0 aliphatic carbocycles. The van der Waals surface area contributed by atoms with Gasteiger partial charge in [0.2, 0.25) is 0 Å². The molecule has 0 amide bonds. The highest BCUT2D eigenvalue weighted by Gasteiger charge is 1.96. The first-order valence-corrected chi connectivity index (χ1v) is 5.22. The molecule has 0 saturated heterocycles. The van der Waals surface area contributed by atoms with Crippen LogP contribution in [0.15, 0.2) is 0 Å². The Kier molecular flexibility index (Phi) is 7.88. The number of hydrogen-bond donors (Lipinski definition) is 1. The first-order chi connectivity index (χ1) is 4.81. The van der Waals surface area contributed by atoms with Crippen LogP contribution in [0.5, 0.6) is 0 Å². The number of halogens is 1. The Labute approximate surface area is 72.7 Å². The summed E-state index contributed by atoms with van der Waals surface area (Å²) in [6.45, 7) is 5.62. The lowest BCUT2D eigenvalue weighted by Gasteiger charge is -2.10. The van der Waals surface area contributed by atoms with Gasteiger partial charge in [0, 0.05) is 11.4 Å².